The molecule has 0 aliphatic carbocycles. The monoisotopic (exact) mass is 338 g/mol. The lowest BCUT2D eigenvalue weighted by atomic mass is 10.2. The molecule has 0 fully saturated rings. The molecule has 4 nitrogen and oxygen atoms in total. The second-order valence-electron chi connectivity index (χ2n) is 4.32. The summed E-state index contributed by atoms with van der Waals surface area (Å²) in [7, 11) is 0. The van der Waals surface area contributed by atoms with E-state index in [-0.39, 0.29) is 29.2 Å². The minimum Gasteiger partial charge on any atom is -0.479 e. The SMILES string of the molecule is Fc1cccc(Cl)c1OCc1nnc(-c2ccccc2Cl)o1. The minimum absolute atomic E-state index is 0.0540. The maximum atomic E-state index is 13.6. The van der Waals surface area contributed by atoms with Crippen LogP contribution in [-0.2, 0) is 6.61 Å². The highest BCUT2D eigenvalue weighted by atomic mass is 35.5. The molecule has 0 bridgehead atoms. The molecule has 3 aromatic rings. The second kappa shape index (κ2) is 6.34. The Morgan fingerprint density at radius 1 is 1.00 bits per heavy atom. The summed E-state index contributed by atoms with van der Waals surface area (Å²) in [6, 6.07) is 11.4. The van der Waals surface area contributed by atoms with Crippen LogP contribution in [0.15, 0.2) is 46.9 Å². The highest BCUT2D eigenvalue weighted by Crippen LogP contribution is 2.29. The predicted octanol–water partition coefficient (Wildman–Crippen LogP) is 4.76. The number of halogens is 3. The average Bonchev–Trinajstić information content (AvgIpc) is 2.96. The van der Waals surface area contributed by atoms with Crippen LogP contribution in [0.2, 0.25) is 10.0 Å². The van der Waals surface area contributed by atoms with Gasteiger partial charge in [0.05, 0.1) is 15.6 Å². The molecule has 0 aliphatic heterocycles. The third-order valence-corrected chi connectivity index (χ3v) is 3.46. The van der Waals surface area contributed by atoms with Crippen LogP contribution >= 0.6 is 23.2 Å². The molecule has 0 saturated carbocycles. The van der Waals surface area contributed by atoms with Gasteiger partial charge in [-0.15, -0.1) is 10.2 Å². The molecule has 7 heteroatoms. The zero-order chi connectivity index (χ0) is 15.5. The summed E-state index contributed by atoms with van der Waals surface area (Å²) >= 11 is 11.9. The van der Waals surface area contributed by atoms with E-state index in [1.54, 1.807) is 24.3 Å². The van der Waals surface area contributed by atoms with Gasteiger partial charge in [-0.05, 0) is 24.3 Å². The highest BCUT2D eigenvalue weighted by Gasteiger charge is 2.14. The minimum atomic E-state index is -0.557. The number of benzene rings is 2. The largest absolute Gasteiger partial charge is 0.479 e. The predicted molar refractivity (Wildman–Crippen MR) is 80.5 cm³/mol. The van der Waals surface area contributed by atoms with Crippen molar-refractivity contribution in [2.24, 2.45) is 0 Å². The lowest BCUT2D eigenvalue weighted by Gasteiger charge is -2.06. The van der Waals surface area contributed by atoms with Crippen LogP contribution in [0.4, 0.5) is 4.39 Å². The summed E-state index contributed by atoms with van der Waals surface area (Å²) in [5.41, 5.74) is 0.617. The van der Waals surface area contributed by atoms with Gasteiger partial charge in [0, 0.05) is 0 Å². The van der Waals surface area contributed by atoms with E-state index in [0.717, 1.165) is 0 Å². The van der Waals surface area contributed by atoms with Crippen molar-refractivity contribution in [2.75, 3.05) is 0 Å². The first-order valence-corrected chi connectivity index (χ1v) is 7.05. The fourth-order valence-electron chi connectivity index (χ4n) is 1.81. The first-order valence-electron chi connectivity index (χ1n) is 6.29. The molecular formula is C15H9Cl2FN2O2. The van der Waals surface area contributed by atoms with Crippen LogP contribution in [0.1, 0.15) is 5.89 Å². The quantitative estimate of drug-likeness (QED) is 0.687. The first-order chi connectivity index (χ1) is 10.6. The van der Waals surface area contributed by atoms with Crippen LogP contribution in [0.25, 0.3) is 11.5 Å². The Bertz CT molecular complexity index is 787. The van der Waals surface area contributed by atoms with Gasteiger partial charge >= 0.3 is 0 Å². The zero-order valence-corrected chi connectivity index (χ0v) is 12.6. The Labute approximate surface area is 135 Å². The van der Waals surface area contributed by atoms with Crippen LogP contribution in [0.5, 0.6) is 5.75 Å². The van der Waals surface area contributed by atoms with E-state index < -0.39 is 5.82 Å². The molecule has 0 amide bonds. The third kappa shape index (κ3) is 3.05. The average molecular weight is 339 g/mol. The number of para-hydroxylation sites is 1. The molecule has 0 aliphatic rings. The van der Waals surface area contributed by atoms with Crippen molar-refractivity contribution < 1.29 is 13.5 Å². The van der Waals surface area contributed by atoms with Gasteiger partial charge in [-0.2, -0.15) is 0 Å². The number of aromatic nitrogens is 2. The van der Waals surface area contributed by atoms with Crippen molar-refractivity contribution in [1.82, 2.24) is 10.2 Å². The maximum Gasteiger partial charge on any atom is 0.254 e. The lowest BCUT2D eigenvalue weighted by Crippen LogP contribution is -1.98. The Balaban J connectivity index is 1.77. The molecular weight excluding hydrogens is 330 g/mol. The second-order valence-corrected chi connectivity index (χ2v) is 5.13. The van der Waals surface area contributed by atoms with Crippen LogP contribution in [0, 0.1) is 5.82 Å². The molecule has 22 heavy (non-hydrogen) atoms. The lowest BCUT2D eigenvalue weighted by molar-refractivity contribution is 0.253. The van der Waals surface area contributed by atoms with E-state index in [1.807, 2.05) is 0 Å². The summed E-state index contributed by atoms with van der Waals surface area (Å²) in [5.74, 6) is -0.155. The molecule has 1 aromatic heterocycles. The number of hydrogen-bond donors (Lipinski definition) is 0. The van der Waals surface area contributed by atoms with Crippen molar-refractivity contribution in [3.8, 4) is 17.2 Å². The molecule has 2 aromatic carbocycles. The van der Waals surface area contributed by atoms with Gasteiger partial charge in [0.1, 0.15) is 0 Å². The van der Waals surface area contributed by atoms with Crippen LogP contribution < -0.4 is 4.74 Å². The molecule has 0 atom stereocenters. The molecule has 0 radical (unpaired) electrons. The molecule has 3 rings (SSSR count). The van der Waals surface area contributed by atoms with Crippen molar-refractivity contribution in [3.05, 3.63) is 64.2 Å². The summed E-state index contributed by atoms with van der Waals surface area (Å²) < 4.78 is 24.3. The first kappa shape index (κ1) is 14.8. The third-order valence-electron chi connectivity index (χ3n) is 2.83. The standard InChI is InChI=1S/C15H9Cl2FN2O2/c16-10-5-2-1-4-9(10)15-20-19-13(22-15)8-21-14-11(17)6-3-7-12(14)18/h1-7H,8H2. The van der Waals surface area contributed by atoms with E-state index in [9.17, 15) is 4.39 Å². The van der Waals surface area contributed by atoms with Crippen molar-refractivity contribution in [1.29, 1.82) is 0 Å². The van der Waals surface area contributed by atoms with E-state index in [1.165, 1.54) is 18.2 Å². The Morgan fingerprint density at radius 3 is 2.55 bits per heavy atom. The molecule has 0 N–H and O–H groups in total. The normalized spacial score (nSPS) is 10.7. The smallest absolute Gasteiger partial charge is 0.254 e. The van der Waals surface area contributed by atoms with E-state index >= 15 is 0 Å². The van der Waals surface area contributed by atoms with E-state index in [0.29, 0.717) is 10.6 Å². The number of ether oxygens (including phenoxy) is 1. The summed E-state index contributed by atoms with van der Waals surface area (Å²) in [6.07, 6.45) is 0. The number of nitrogens with zero attached hydrogens (tertiary/aromatic N) is 2. The van der Waals surface area contributed by atoms with Crippen molar-refractivity contribution >= 4 is 23.2 Å². The van der Waals surface area contributed by atoms with Gasteiger partial charge < -0.3 is 9.15 Å². The van der Waals surface area contributed by atoms with Crippen LogP contribution in [-0.4, -0.2) is 10.2 Å². The van der Waals surface area contributed by atoms with Crippen LogP contribution in [0.3, 0.4) is 0 Å². The summed E-state index contributed by atoms with van der Waals surface area (Å²) in [6.45, 7) is -0.0991. The maximum absolute atomic E-state index is 13.6. The molecule has 112 valence electrons. The van der Waals surface area contributed by atoms with Gasteiger partial charge in [0.2, 0.25) is 5.89 Å². The van der Waals surface area contributed by atoms with Gasteiger partial charge in [0.25, 0.3) is 5.89 Å². The highest BCUT2D eigenvalue weighted by molar-refractivity contribution is 6.33. The van der Waals surface area contributed by atoms with Gasteiger partial charge in [-0.25, -0.2) is 4.39 Å². The van der Waals surface area contributed by atoms with Gasteiger partial charge in [-0.1, -0.05) is 41.4 Å². The Hall–Kier alpha value is -2.11. The fourth-order valence-corrected chi connectivity index (χ4v) is 2.24. The van der Waals surface area contributed by atoms with Crippen molar-refractivity contribution in [2.45, 2.75) is 6.61 Å². The number of rotatable bonds is 4. The topological polar surface area (TPSA) is 48.2 Å². The molecule has 0 saturated heterocycles. The van der Waals surface area contributed by atoms with E-state index in [2.05, 4.69) is 10.2 Å². The summed E-state index contributed by atoms with van der Waals surface area (Å²) in [5, 5.41) is 8.41. The van der Waals surface area contributed by atoms with Crippen molar-refractivity contribution in [3.63, 3.8) is 0 Å². The molecule has 0 unspecified atom stereocenters. The molecule has 0 spiro atoms. The number of hydrogen-bond acceptors (Lipinski definition) is 4. The Morgan fingerprint density at radius 2 is 1.77 bits per heavy atom. The zero-order valence-electron chi connectivity index (χ0n) is 11.1. The fraction of sp³-hybridized carbons (Fsp3) is 0.0667. The Kier molecular flexibility index (Phi) is 4.27. The summed E-state index contributed by atoms with van der Waals surface area (Å²) in [4.78, 5) is 0. The van der Waals surface area contributed by atoms with E-state index in [4.69, 9.17) is 32.4 Å². The van der Waals surface area contributed by atoms with Gasteiger partial charge in [-0.3, -0.25) is 0 Å². The molecule has 1 heterocycles. The van der Waals surface area contributed by atoms with Gasteiger partial charge in [0.15, 0.2) is 18.2 Å².